The van der Waals surface area contributed by atoms with E-state index in [4.69, 9.17) is 6.52 Å². The number of hydrogen-bond donors (Lipinski definition) is 2. The Morgan fingerprint density at radius 2 is 2.30 bits per heavy atom. The summed E-state index contributed by atoms with van der Waals surface area (Å²) in [5.74, 6) is -1.10. The van der Waals surface area contributed by atoms with E-state index in [1.165, 1.54) is 14.0 Å². The Morgan fingerprint density at radius 1 is 1.80 bits per heavy atom. The molecule has 0 saturated carbocycles. The highest BCUT2D eigenvalue weighted by atomic mass is 16.4. The van der Waals surface area contributed by atoms with Gasteiger partial charge in [-0.15, -0.1) is 0 Å². The molecule has 58 valence electrons. The van der Waals surface area contributed by atoms with Gasteiger partial charge in [0.2, 0.25) is 0 Å². The van der Waals surface area contributed by atoms with Gasteiger partial charge in [-0.1, -0.05) is 0 Å². The van der Waals surface area contributed by atoms with Crippen molar-refractivity contribution in [3.05, 3.63) is 0 Å². The summed E-state index contributed by atoms with van der Waals surface area (Å²) in [6.45, 7) is 1.36. The largest absolute Gasteiger partial charge is 0.480 e. The lowest BCUT2D eigenvalue weighted by Crippen LogP contribution is -2.43. The van der Waals surface area contributed by atoms with E-state index >= 15 is 0 Å². The van der Waals surface area contributed by atoms with Crippen LogP contribution in [0.2, 0.25) is 1.41 Å². The second kappa shape index (κ2) is 3.05. The van der Waals surface area contributed by atoms with E-state index in [9.17, 15) is 9.59 Å². The normalized spacial score (nSPS) is 13.2. The van der Waals surface area contributed by atoms with Crippen LogP contribution < -0.4 is 5.73 Å². The van der Waals surface area contributed by atoms with Crippen molar-refractivity contribution in [2.75, 3.05) is 7.05 Å². The van der Waals surface area contributed by atoms with Crippen molar-refractivity contribution >= 4 is 12.0 Å². The van der Waals surface area contributed by atoms with E-state index in [1.807, 2.05) is 0 Å². The van der Waals surface area contributed by atoms with Crippen LogP contribution in [0.15, 0.2) is 0 Å². The molecule has 0 aromatic carbocycles. The van der Waals surface area contributed by atoms with Crippen molar-refractivity contribution in [2.45, 2.75) is 13.0 Å². The Kier molecular flexibility index (Phi) is 2.09. The van der Waals surface area contributed by atoms with E-state index in [0.29, 0.717) is 0 Å². The van der Waals surface area contributed by atoms with Gasteiger partial charge in [-0.2, -0.15) is 0 Å². The van der Waals surface area contributed by atoms with Gasteiger partial charge in [0.05, 0.1) is 0 Å². The van der Waals surface area contributed by atoms with E-state index in [-0.39, 0.29) is 0 Å². The minimum absolute atomic E-state index is 0.736. The molecule has 0 fully saturated rings. The number of hydrogen-bond acceptors (Lipinski definition) is 2. The maximum Gasteiger partial charge on any atom is 0.326 e. The number of rotatable bonds is 2. The average molecular weight is 147 g/mol. The lowest BCUT2D eigenvalue weighted by Gasteiger charge is -2.18. The third-order valence-electron chi connectivity index (χ3n) is 1.26. The number of amides is 2. The molecule has 5 nitrogen and oxygen atoms in total. The van der Waals surface area contributed by atoms with Gasteiger partial charge in [0.25, 0.3) is 0 Å². The van der Waals surface area contributed by atoms with E-state index < -0.39 is 18.0 Å². The van der Waals surface area contributed by atoms with E-state index in [0.717, 1.165) is 4.90 Å². The van der Waals surface area contributed by atoms with E-state index in [2.05, 4.69) is 0 Å². The van der Waals surface area contributed by atoms with Crippen LogP contribution in [0, 0.1) is 0 Å². The average Bonchev–Trinajstić information content (AvgIpc) is 2.00. The molecule has 0 rings (SSSR count). The highest BCUT2D eigenvalue weighted by Crippen LogP contribution is 1.93. The van der Waals surface area contributed by atoms with Crippen LogP contribution in [0.3, 0.4) is 0 Å². The summed E-state index contributed by atoms with van der Waals surface area (Å²) in [5.41, 5.74) is 1.57. The maximum absolute atomic E-state index is 10.6. The van der Waals surface area contributed by atoms with Crippen molar-refractivity contribution < 1.29 is 16.1 Å². The molecule has 0 bridgehead atoms. The summed E-state index contributed by atoms with van der Waals surface area (Å²) in [6.07, 6.45) is 0. The van der Waals surface area contributed by atoms with Gasteiger partial charge in [-0.05, 0) is 6.92 Å². The number of likely N-dealkylation sites (N-methyl/N-ethyl adjacent to an activating group) is 1. The van der Waals surface area contributed by atoms with Crippen LogP contribution in [0.4, 0.5) is 4.79 Å². The Balaban J connectivity index is 4.12. The molecule has 0 saturated heterocycles. The fourth-order valence-corrected chi connectivity index (χ4v) is 0.342. The van der Waals surface area contributed by atoms with Crippen LogP contribution in [-0.2, 0) is 4.79 Å². The second-order valence-corrected chi connectivity index (χ2v) is 1.93. The molecule has 1 atom stereocenters. The molecule has 0 unspecified atom stereocenters. The molecule has 3 N–H and O–H groups in total. The van der Waals surface area contributed by atoms with Gasteiger partial charge in [0.15, 0.2) is 1.41 Å². The van der Waals surface area contributed by atoms with Crippen LogP contribution in [0.25, 0.3) is 0 Å². The zero-order chi connectivity index (χ0) is 9.02. The molecular weight excluding hydrogens is 136 g/mol. The second-order valence-electron chi connectivity index (χ2n) is 1.93. The van der Waals surface area contributed by atoms with Crippen molar-refractivity contribution in [2.24, 2.45) is 5.73 Å². The Bertz CT molecular complexity index is 173. The number of aliphatic carboxylic acids is 1. The lowest BCUT2D eigenvalue weighted by molar-refractivity contribution is -0.141. The quantitative estimate of drug-likeness (QED) is 0.550. The number of nitrogens with two attached hydrogens (primary N) is 1. The zero-order valence-corrected chi connectivity index (χ0v) is 5.79. The number of nitrogens with zero attached hydrogens (tertiary/aromatic N) is 1. The number of carboxylic acid groups (broad SMARTS) is 1. The van der Waals surface area contributed by atoms with Gasteiger partial charge in [-0.3, -0.25) is 0 Å². The molecule has 0 aromatic rings. The van der Waals surface area contributed by atoms with Gasteiger partial charge >= 0.3 is 12.0 Å². The number of carbonyl (C=O) groups is 2. The van der Waals surface area contributed by atoms with Crippen molar-refractivity contribution in [1.29, 1.82) is 0 Å². The highest BCUT2D eigenvalue weighted by molar-refractivity contribution is 5.81. The van der Waals surface area contributed by atoms with E-state index in [1.54, 1.807) is 5.73 Å². The van der Waals surface area contributed by atoms with Gasteiger partial charge < -0.3 is 15.7 Å². The van der Waals surface area contributed by atoms with Gasteiger partial charge in [0, 0.05) is 7.05 Å². The van der Waals surface area contributed by atoms with Crippen LogP contribution in [0.5, 0.6) is 0 Å². The first-order valence-electron chi connectivity index (χ1n) is 3.18. The smallest absolute Gasteiger partial charge is 0.326 e. The fourth-order valence-electron chi connectivity index (χ4n) is 0.342. The minimum atomic E-state index is -1.10. The number of carbonyl (C=O) groups excluding carboxylic acids is 1. The SMILES string of the molecule is [2H]NC(=O)N(C)[C@@H](C)C(=O)O. The summed E-state index contributed by atoms with van der Waals surface area (Å²) < 4.78 is 6.44. The highest BCUT2D eigenvalue weighted by Gasteiger charge is 2.18. The Hall–Kier alpha value is -1.26. The molecule has 0 aliphatic heterocycles. The molecule has 0 spiro atoms. The maximum atomic E-state index is 10.6. The molecule has 2 amide bonds. The molecule has 5 heteroatoms. The monoisotopic (exact) mass is 147 g/mol. The topological polar surface area (TPSA) is 83.6 Å². The van der Waals surface area contributed by atoms with Crippen LogP contribution in [0.1, 0.15) is 6.92 Å². The summed E-state index contributed by atoms with van der Waals surface area (Å²) in [4.78, 5) is 21.8. The third-order valence-corrected chi connectivity index (χ3v) is 1.26. The molecule has 10 heavy (non-hydrogen) atoms. The van der Waals surface area contributed by atoms with Crippen molar-refractivity contribution in [3.63, 3.8) is 0 Å². The molecule has 0 aromatic heterocycles. The molecule has 0 heterocycles. The Morgan fingerprint density at radius 3 is 2.60 bits per heavy atom. The van der Waals surface area contributed by atoms with Crippen LogP contribution >= 0.6 is 0 Å². The standard InChI is InChI=1S/C5H10N2O3/c1-3(4(8)9)7(2)5(6)10/h3H,1-2H3,(H2,6,10)(H,8,9)/t3-/m0/s1/i/hD. The molecule has 0 radical (unpaired) electrons. The molecule has 0 aliphatic rings. The predicted molar refractivity (Wildman–Crippen MR) is 34.4 cm³/mol. The first-order valence-corrected chi connectivity index (χ1v) is 2.68. The molecule has 0 aliphatic carbocycles. The zero-order valence-electron chi connectivity index (χ0n) is 6.79. The van der Waals surface area contributed by atoms with Crippen molar-refractivity contribution in [1.82, 2.24) is 4.90 Å². The minimum Gasteiger partial charge on any atom is -0.480 e. The third kappa shape index (κ3) is 1.93. The number of carboxylic acids is 1. The summed E-state index contributed by atoms with van der Waals surface area (Å²) in [5, 5.41) is 8.41. The fraction of sp³-hybridized carbons (Fsp3) is 0.600. The lowest BCUT2D eigenvalue weighted by atomic mass is 10.3. The number of urea groups is 1. The van der Waals surface area contributed by atoms with Gasteiger partial charge in [-0.25, -0.2) is 9.59 Å². The summed E-state index contributed by atoms with van der Waals surface area (Å²) >= 11 is 0. The Labute approximate surface area is 59.9 Å². The van der Waals surface area contributed by atoms with Gasteiger partial charge in [0.1, 0.15) is 6.04 Å². The summed E-state index contributed by atoms with van der Waals surface area (Å²) in [7, 11) is 1.31. The first-order chi connectivity index (χ1) is 5.00. The number of primary amides is 1. The first kappa shape index (κ1) is 6.85. The van der Waals surface area contributed by atoms with Crippen LogP contribution in [-0.4, -0.2) is 35.1 Å². The predicted octanol–water partition coefficient (Wildman–Crippen LogP) is -0.530. The van der Waals surface area contributed by atoms with Crippen molar-refractivity contribution in [3.8, 4) is 0 Å². The summed E-state index contributed by atoms with van der Waals surface area (Å²) in [6, 6.07) is -1.65. The molecular formula is C5H10N2O3.